The molecule has 166 valence electrons. The molecular weight excluding hydrogens is 440 g/mol. The molecule has 0 atom stereocenters. The van der Waals surface area contributed by atoms with Gasteiger partial charge < -0.3 is 9.88 Å². The monoisotopic (exact) mass is 462 g/mol. The van der Waals surface area contributed by atoms with E-state index in [2.05, 4.69) is 46.9 Å². The summed E-state index contributed by atoms with van der Waals surface area (Å²) in [6.45, 7) is 4.69. The van der Waals surface area contributed by atoms with Crippen LogP contribution in [0.15, 0.2) is 82.8 Å². The summed E-state index contributed by atoms with van der Waals surface area (Å²) in [6, 6.07) is 24.0. The summed E-state index contributed by atoms with van der Waals surface area (Å²) < 4.78 is 2.12. The number of rotatable bonds is 4. The number of thioether (sulfide) groups is 1. The molecule has 0 unspecified atom stereocenters. The second-order valence-electron chi connectivity index (χ2n) is 8.25. The maximum Gasteiger partial charge on any atom is 0.264 e. The number of para-hydroxylation sites is 1. The topological polar surface area (TPSA) is 70.2 Å². The van der Waals surface area contributed by atoms with Gasteiger partial charge in [-0.15, -0.1) is 0 Å². The second kappa shape index (κ2) is 9.05. The predicted molar refractivity (Wildman–Crippen MR) is 139 cm³/mol. The predicted octanol–water partition coefficient (Wildman–Crippen LogP) is 6.07. The van der Waals surface area contributed by atoms with Crippen LogP contribution in [0.1, 0.15) is 27.8 Å². The van der Waals surface area contributed by atoms with E-state index in [4.69, 9.17) is 0 Å². The molecule has 6 heteroatoms. The van der Waals surface area contributed by atoms with Crippen LogP contribution in [0.25, 0.3) is 17.0 Å². The number of carbonyl (C=O) groups excluding carboxylic acids is 1. The molecule has 1 aliphatic heterocycles. The van der Waals surface area contributed by atoms with Crippen LogP contribution in [0, 0.1) is 25.2 Å². The molecule has 2 heterocycles. The highest BCUT2D eigenvalue weighted by Crippen LogP contribution is 2.31. The Morgan fingerprint density at radius 1 is 1.06 bits per heavy atom. The van der Waals surface area contributed by atoms with Gasteiger partial charge in [0.25, 0.3) is 5.91 Å². The van der Waals surface area contributed by atoms with Gasteiger partial charge in [-0.2, -0.15) is 5.26 Å². The van der Waals surface area contributed by atoms with Gasteiger partial charge in [0, 0.05) is 29.2 Å². The first-order chi connectivity index (χ1) is 16.5. The Hall–Kier alpha value is -4.08. The molecule has 5 rings (SSSR count). The zero-order valence-corrected chi connectivity index (χ0v) is 19.7. The zero-order chi connectivity index (χ0) is 23.7. The molecule has 0 spiro atoms. The van der Waals surface area contributed by atoms with E-state index in [1.165, 1.54) is 17.3 Å². The number of aryl methyl sites for hydroxylation is 2. The van der Waals surface area contributed by atoms with Crippen molar-refractivity contribution in [2.45, 2.75) is 20.4 Å². The van der Waals surface area contributed by atoms with Crippen molar-refractivity contribution in [2.24, 2.45) is 4.99 Å². The normalized spacial score (nSPS) is 15.7. The van der Waals surface area contributed by atoms with E-state index < -0.39 is 0 Å². The summed E-state index contributed by atoms with van der Waals surface area (Å²) in [4.78, 5) is 17.9. The quantitative estimate of drug-likeness (QED) is 0.374. The maximum absolute atomic E-state index is 12.7. The first-order valence-electron chi connectivity index (χ1n) is 10.9. The van der Waals surface area contributed by atoms with Crippen molar-refractivity contribution in [3.05, 3.63) is 106 Å². The molecule has 1 fully saturated rings. The van der Waals surface area contributed by atoms with Gasteiger partial charge in [0.05, 0.1) is 22.2 Å². The summed E-state index contributed by atoms with van der Waals surface area (Å²) in [5.74, 6) is -0.153. The number of aliphatic imine (C=N–C) groups is 1. The summed E-state index contributed by atoms with van der Waals surface area (Å²) >= 11 is 1.34. The number of fused-ring (bicyclic) bond motifs is 1. The summed E-state index contributed by atoms with van der Waals surface area (Å²) in [6.07, 6.45) is 3.95. The Bertz CT molecular complexity index is 1540. The highest BCUT2D eigenvalue weighted by atomic mass is 32.2. The fourth-order valence-corrected chi connectivity index (χ4v) is 4.84. The van der Waals surface area contributed by atoms with Crippen molar-refractivity contribution in [3.8, 4) is 6.07 Å². The second-order valence-corrected chi connectivity index (χ2v) is 9.28. The van der Waals surface area contributed by atoms with Gasteiger partial charge in [-0.1, -0.05) is 42.5 Å². The number of nitrogens with zero attached hydrogens (tertiary/aromatic N) is 3. The minimum Gasteiger partial charge on any atom is -0.342 e. The first-order valence-corrected chi connectivity index (χ1v) is 11.8. The molecule has 0 bridgehead atoms. The number of amidine groups is 1. The van der Waals surface area contributed by atoms with Crippen molar-refractivity contribution in [3.63, 3.8) is 0 Å². The van der Waals surface area contributed by atoms with Crippen LogP contribution in [0.3, 0.4) is 0 Å². The van der Waals surface area contributed by atoms with E-state index in [-0.39, 0.29) is 5.91 Å². The van der Waals surface area contributed by atoms with Gasteiger partial charge in [0.15, 0.2) is 5.17 Å². The number of aromatic nitrogens is 1. The van der Waals surface area contributed by atoms with E-state index in [9.17, 15) is 10.1 Å². The molecule has 0 radical (unpaired) electrons. The third-order valence-corrected chi connectivity index (χ3v) is 6.87. The van der Waals surface area contributed by atoms with Crippen molar-refractivity contribution in [2.75, 3.05) is 0 Å². The molecule has 1 amide bonds. The molecule has 1 N–H and O–H groups in total. The number of amides is 1. The van der Waals surface area contributed by atoms with Crippen molar-refractivity contribution in [1.82, 2.24) is 9.88 Å². The fraction of sp³-hybridized carbons (Fsp3) is 0.107. The smallest absolute Gasteiger partial charge is 0.264 e. The van der Waals surface area contributed by atoms with E-state index in [0.717, 1.165) is 33.3 Å². The van der Waals surface area contributed by atoms with Gasteiger partial charge in [-0.25, -0.2) is 4.99 Å². The van der Waals surface area contributed by atoms with Crippen molar-refractivity contribution in [1.29, 1.82) is 5.26 Å². The van der Waals surface area contributed by atoms with Crippen LogP contribution < -0.4 is 5.32 Å². The average Bonchev–Trinajstić information content (AvgIpc) is 3.36. The van der Waals surface area contributed by atoms with Crippen LogP contribution >= 0.6 is 11.8 Å². The standard InChI is InChI=1S/C28H22N4OS/c1-18-11-12-23(13-19(18)2)30-28-31-27(33)26(34-28)14-22-17-32(25-10-6-5-9-24(22)25)16-21-8-4-3-7-20(21)15-29/h3-14,17H,16H2,1-2H3,(H,30,31,33)/b26-14-. The Balaban J connectivity index is 1.48. The van der Waals surface area contributed by atoms with Crippen LogP contribution in [0.5, 0.6) is 0 Å². The number of carbonyl (C=O) groups is 1. The molecule has 3 aromatic carbocycles. The van der Waals surface area contributed by atoms with Gasteiger partial charge in [0.2, 0.25) is 0 Å². The van der Waals surface area contributed by atoms with Gasteiger partial charge in [-0.05, 0) is 72.6 Å². The molecule has 1 saturated heterocycles. The van der Waals surface area contributed by atoms with E-state index in [1.807, 2.05) is 66.9 Å². The van der Waals surface area contributed by atoms with E-state index in [1.54, 1.807) is 0 Å². The number of nitriles is 1. The minimum absolute atomic E-state index is 0.153. The molecule has 0 saturated carbocycles. The number of nitrogens with one attached hydrogen (secondary N) is 1. The Labute approximate surface area is 202 Å². The molecule has 34 heavy (non-hydrogen) atoms. The third-order valence-electron chi connectivity index (χ3n) is 5.96. The molecule has 5 nitrogen and oxygen atoms in total. The number of hydrogen-bond donors (Lipinski definition) is 1. The minimum atomic E-state index is -0.153. The summed E-state index contributed by atoms with van der Waals surface area (Å²) in [5.41, 5.74) is 6.82. The Morgan fingerprint density at radius 3 is 2.68 bits per heavy atom. The van der Waals surface area contributed by atoms with Gasteiger partial charge >= 0.3 is 0 Å². The van der Waals surface area contributed by atoms with E-state index >= 15 is 0 Å². The van der Waals surface area contributed by atoms with Crippen LogP contribution in [-0.2, 0) is 11.3 Å². The third kappa shape index (κ3) is 4.26. The van der Waals surface area contributed by atoms with Gasteiger partial charge in [0.1, 0.15) is 0 Å². The lowest BCUT2D eigenvalue weighted by atomic mass is 10.1. The van der Waals surface area contributed by atoms with Crippen LogP contribution in [0.2, 0.25) is 0 Å². The SMILES string of the molecule is Cc1ccc(N=C2NC(=O)/C(=C/c3cn(Cc4ccccc4C#N)c4ccccc34)S2)cc1C. The van der Waals surface area contributed by atoms with Crippen LogP contribution in [-0.4, -0.2) is 15.6 Å². The van der Waals surface area contributed by atoms with E-state index in [0.29, 0.717) is 22.2 Å². The number of hydrogen-bond acceptors (Lipinski definition) is 4. The van der Waals surface area contributed by atoms with Crippen molar-refractivity contribution >= 4 is 45.5 Å². The Kier molecular flexibility index (Phi) is 5.79. The lowest BCUT2D eigenvalue weighted by molar-refractivity contribution is -0.115. The van der Waals surface area contributed by atoms with Gasteiger partial charge in [-0.3, -0.25) is 4.79 Å². The summed E-state index contributed by atoms with van der Waals surface area (Å²) in [5, 5.41) is 14.0. The highest BCUT2D eigenvalue weighted by Gasteiger charge is 2.24. The lowest BCUT2D eigenvalue weighted by Gasteiger charge is -2.07. The van der Waals surface area contributed by atoms with Crippen LogP contribution in [0.4, 0.5) is 5.69 Å². The fourth-order valence-electron chi connectivity index (χ4n) is 4.01. The summed E-state index contributed by atoms with van der Waals surface area (Å²) in [7, 11) is 0. The zero-order valence-electron chi connectivity index (χ0n) is 18.9. The number of benzene rings is 3. The maximum atomic E-state index is 12.7. The molecule has 0 aliphatic carbocycles. The molecule has 4 aromatic rings. The first kappa shape index (κ1) is 21.7. The molecule has 1 aliphatic rings. The lowest BCUT2D eigenvalue weighted by Crippen LogP contribution is -2.19. The Morgan fingerprint density at radius 2 is 1.85 bits per heavy atom. The average molecular weight is 463 g/mol. The largest absolute Gasteiger partial charge is 0.342 e. The molecular formula is C28H22N4OS. The highest BCUT2D eigenvalue weighted by molar-refractivity contribution is 8.18. The molecule has 1 aromatic heterocycles. The van der Waals surface area contributed by atoms with Crippen molar-refractivity contribution < 1.29 is 4.79 Å².